The fraction of sp³-hybridized carbons (Fsp3) is 0.158. The quantitative estimate of drug-likeness (QED) is 0.350. The molecule has 124 valence electrons. The summed E-state index contributed by atoms with van der Waals surface area (Å²) in [5.41, 5.74) is 6.09. The van der Waals surface area contributed by atoms with Crippen LogP contribution in [0.5, 0.6) is 5.75 Å². The van der Waals surface area contributed by atoms with Gasteiger partial charge in [0.1, 0.15) is 12.4 Å². The SMILES string of the molecule is C=CCNC(=S)N/N=C/c1ccc(OCc2cccc(C)c2)cc1. The summed E-state index contributed by atoms with van der Waals surface area (Å²) in [6.45, 7) is 6.84. The van der Waals surface area contributed by atoms with E-state index in [1.165, 1.54) is 5.56 Å². The molecule has 0 radical (unpaired) electrons. The number of hydrogen-bond acceptors (Lipinski definition) is 3. The number of ether oxygens (including phenoxy) is 1. The predicted octanol–water partition coefficient (Wildman–Crippen LogP) is 3.56. The average Bonchev–Trinajstić information content (AvgIpc) is 2.59. The number of benzene rings is 2. The zero-order valence-electron chi connectivity index (χ0n) is 13.7. The molecule has 0 atom stereocenters. The molecule has 5 heteroatoms. The molecule has 0 amide bonds. The van der Waals surface area contributed by atoms with Gasteiger partial charge in [0.25, 0.3) is 0 Å². The van der Waals surface area contributed by atoms with Gasteiger partial charge < -0.3 is 10.1 Å². The van der Waals surface area contributed by atoms with Gasteiger partial charge in [-0.05, 0) is 54.5 Å². The highest BCUT2D eigenvalue weighted by Gasteiger charge is 1.97. The van der Waals surface area contributed by atoms with Crippen LogP contribution in [0.3, 0.4) is 0 Å². The lowest BCUT2D eigenvalue weighted by molar-refractivity contribution is 0.306. The van der Waals surface area contributed by atoms with Crippen molar-refractivity contribution in [2.45, 2.75) is 13.5 Å². The molecule has 0 aliphatic carbocycles. The van der Waals surface area contributed by atoms with Crippen LogP contribution in [-0.4, -0.2) is 17.9 Å². The van der Waals surface area contributed by atoms with Crippen LogP contribution in [0.25, 0.3) is 0 Å². The topological polar surface area (TPSA) is 45.7 Å². The normalized spacial score (nSPS) is 10.4. The number of thiocarbonyl (C=S) groups is 1. The van der Waals surface area contributed by atoms with Crippen molar-refractivity contribution in [3.63, 3.8) is 0 Å². The second-order valence-corrected chi connectivity index (χ2v) is 5.62. The van der Waals surface area contributed by atoms with Gasteiger partial charge in [-0.15, -0.1) is 6.58 Å². The highest BCUT2D eigenvalue weighted by atomic mass is 32.1. The van der Waals surface area contributed by atoms with Gasteiger partial charge in [0.15, 0.2) is 5.11 Å². The van der Waals surface area contributed by atoms with Crippen LogP contribution in [0, 0.1) is 6.92 Å². The van der Waals surface area contributed by atoms with E-state index in [-0.39, 0.29) is 0 Å². The van der Waals surface area contributed by atoms with E-state index in [1.54, 1.807) is 12.3 Å². The van der Waals surface area contributed by atoms with Gasteiger partial charge in [0.2, 0.25) is 0 Å². The fourth-order valence-electron chi connectivity index (χ4n) is 1.99. The van der Waals surface area contributed by atoms with E-state index in [0.29, 0.717) is 18.3 Å². The zero-order valence-corrected chi connectivity index (χ0v) is 14.5. The molecule has 2 aromatic rings. The largest absolute Gasteiger partial charge is 0.489 e. The van der Waals surface area contributed by atoms with Crippen LogP contribution in [-0.2, 0) is 6.61 Å². The smallest absolute Gasteiger partial charge is 0.187 e. The number of nitrogens with one attached hydrogen (secondary N) is 2. The lowest BCUT2D eigenvalue weighted by Crippen LogP contribution is -2.31. The molecule has 0 unspecified atom stereocenters. The Morgan fingerprint density at radius 2 is 2.04 bits per heavy atom. The summed E-state index contributed by atoms with van der Waals surface area (Å²) in [6, 6.07) is 16.0. The minimum Gasteiger partial charge on any atom is -0.489 e. The van der Waals surface area contributed by atoms with E-state index >= 15 is 0 Å². The molecular weight excluding hydrogens is 318 g/mol. The first-order valence-electron chi connectivity index (χ1n) is 7.63. The van der Waals surface area contributed by atoms with Crippen LogP contribution >= 0.6 is 12.2 Å². The summed E-state index contributed by atoms with van der Waals surface area (Å²) >= 11 is 5.04. The van der Waals surface area contributed by atoms with E-state index < -0.39 is 0 Å². The highest BCUT2D eigenvalue weighted by molar-refractivity contribution is 7.80. The van der Waals surface area contributed by atoms with Crippen molar-refractivity contribution in [1.29, 1.82) is 0 Å². The molecule has 0 spiro atoms. The molecule has 0 aliphatic rings. The van der Waals surface area contributed by atoms with Crippen LogP contribution < -0.4 is 15.5 Å². The van der Waals surface area contributed by atoms with Gasteiger partial charge in [-0.2, -0.15) is 5.10 Å². The maximum atomic E-state index is 5.79. The van der Waals surface area contributed by atoms with Crippen molar-refractivity contribution >= 4 is 23.5 Å². The molecule has 0 saturated carbocycles. The summed E-state index contributed by atoms with van der Waals surface area (Å²) in [7, 11) is 0. The first-order valence-corrected chi connectivity index (χ1v) is 8.04. The second-order valence-electron chi connectivity index (χ2n) is 5.22. The van der Waals surface area contributed by atoms with Gasteiger partial charge in [-0.25, -0.2) is 0 Å². The molecule has 2 aromatic carbocycles. The number of aryl methyl sites for hydroxylation is 1. The Morgan fingerprint density at radius 1 is 1.25 bits per heavy atom. The Bertz CT molecular complexity index is 711. The van der Waals surface area contributed by atoms with Crippen LogP contribution in [0.4, 0.5) is 0 Å². The Morgan fingerprint density at radius 3 is 2.75 bits per heavy atom. The molecule has 0 heterocycles. The van der Waals surface area contributed by atoms with Crippen molar-refractivity contribution < 1.29 is 4.74 Å². The molecule has 0 aromatic heterocycles. The summed E-state index contributed by atoms with van der Waals surface area (Å²) in [4.78, 5) is 0. The van der Waals surface area contributed by atoms with Gasteiger partial charge in [0, 0.05) is 6.54 Å². The number of nitrogens with zero attached hydrogens (tertiary/aromatic N) is 1. The lowest BCUT2D eigenvalue weighted by Gasteiger charge is -2.07. The maximum absolute atomic E-state index is 5.79. The standard InChI is InChI=1S/C19H21N3OS/c1-3-11-20-19(24)22-21-13-16-7-9-18(10-8-16)23-14-17-6-4-5-15(2)12-17/h3-10,12-13H,1,11,14H2,2H3,(H2,20,22,24)/b21-13+. The van der Waals surface area contributed by atoms with Crippen molar-refractivity contribution in [3.05, 3.63) is 77.9 Å². The molecule has 0 aliphatic heterocycles. The molecule has 0 bridgehead atoms. The maximum Gasteiger partial charge on any atom is 0.187 e. The van der Waals surface area contributed by atoms with Gasteiger partial charge in [-0.1, -0.05) is 35.9 Å². The third-order valence-electron chi connectivity index (χ3n) is 3.15. The fourth-order valence-corrected chi connectivity index (χ4v) is 2.12. The summed E-state index contributed by atoms with van der Waals surface area (Å²) < 4.78 is 5.79. The first-order chi connectivity index (χ1) is 11.7. The molecule has 4 nitrogen and oxygen atoms in total. The number of hydrazone groups is 1. The summed E-state index contributed by atoms with van der Waals surface area (Å²) in [5.74, 6) is 0.824. The van der Waals surface area contributed by atoms with Crippen LogP contribution in [0.1, 0.15) is 16.7 Å². The van der Waals surface area contributed by atoms with E-state index in [0.717, 1.165) is 16.9 Å². The molecule has 2 N–H and O–H groups in total. The monoisotopic (exact) mass is 339 g/mol. The molecule has 24 heavy (non-hydrogen) atoms. The van der Waals surface area contributed by atoms with Crippen LogP contribution in [0.2, 0.25) is 0 Å². The summed E-state index contributed by atoms with van der Waals surface area (Å²) in [6.07, 6.45) is 3.43. The van der Waals surface area contributed by atoms with E-state index in [9.17, 15) is 0 Å². The van der Waals surface area contributed by atoms with Crippen molar-refractivity contribution in [2.24, 2.45) is 5.10 Å². The van der Waals surface area contributed by atoms with Crippen molar-refractivity contribution in [1.82, 2.24) is 10.7 Å². The third-order valence-corrected chi connectivity index (χ3v) is 3.39. The Balaban J connectivity index is 1.82. The predicted molar refractivity (Wildman–Crippen MR) is 103 cm³/mol. The number of rotatable bonds is 7. The Hall–Kier alpha value is -2.66. The lowest BCUT2D eigenvalue weighted by atomic mass is 10.1. The molecular formula is C19H21N3OS. The minimum atomic E-state index is 0.462. The molecule has 0 saturated heterocycles. The Kier molecular flexibility index (Phi) is 6.98. The molecule has 2 rings (SSSR count). The number of hydrogen-bond donors (Lipinski definition) is 2. The highest BCUT2D eigenvalue weighted by Crippen LogP contribution is 2.14. The van der Waals surface area contributed by atoms with Gasteiger partial charge in [-0.3, -0.25) is 5.43 Å². The Labute approximate surface area is 148 Å². The van der Waals surface area contributed by atoms with E-state index in [4.69, 9.17) is 17.0 Å². The third kappa shape index (κ3) is 6.22. The minimum absolute atomic E-state index is 0.462. The van der Waals surface area contributed by atoms with Crippen molar-refractivity contribution in [2.75, 3.05) is 6.54 Å². The van der Waals surface area contributed by atoms with Gasteiger partial charge >= 0.3 is 0 Å². The van der Waals surface area contributed by atoms with Crippen molar-refractivity contribution in [3.8, 4) is 5.75 Å². The zero-order chi connectivity index (χ0) is 17.2. The van der Waals surface area contributed by atoms with E-state index in [2.05, 4.69) is 47.5 Å². The molecule has 0 fully saturated rings. The summed E-state index contributed by atoms with van der Waals surface area (Å²) in [5, 5.41) is 7.47. The van der Waals surface area contributed by atoms with Crippen LogP contribution in [0.15, 0.2) is 66.3 Å². The van der Waals surface area contributed by atoms with Gasteiger partial charge in [0.05, 0.1) is 6.21 Å². The second kappa shape index (κ2) is 9.47. The average molecular weight is 339 g/mol. The first kappa shape index (κ1) is 17.7. The van der Waals surface area contributed by atoms with E-state index in [1.807, 2.05) is 30.3 Å².